The molecule has 0 saturated carbocycles. The number of esters is 3. The Morgan fingerprint density at radius 1 is 0.345 bits per heavy atom. The summed E-state index contributed by atoms with van der Waals surface area (Å²) in [5.74, 6) is 0.753. The molecule has 0 radical (unpaired) electrons. The van der Waals surface area contributed by atoms with Gasteiger partial charge >= 0.3 is 17.9 Å². The van der Waals surface area contributed by atoms with E-state index < -0.39 is 6.10 Å². The summed E-state index contributed by atoms with van der Waals surface area (Å²) in [6, 6.07) is 0. The Labute approximate surface area is 342 Å². The summed E-state index contributed by atoms with van der Waals surface area (Å²) in [5, 5.41) is 0. The van der Waals surface area contributed by atoms with Crippen molar-refractivity contribution < 1.29 is 28.6 Å². The van der Waals surface area contributed by atoms with Gasteiger partial charge in [-0.2, -0.15) is 0 Å². The van der Waals surface area contributed by atoms with Crippen molar-refractivity contribution in [3.63, 3.8) is 0 Å². The second kappa shape index (κ2) is 42.0. The highest BCUT2D eigenvalue weighted by Crippen LogP contribution is 2.17. The molecule has 6 heteroatoms. The van der Waals surface area contributed by atoms with Crippen LogP contribution in [0.25, 0.3) is 0 Å². The lowest BCUT2D eigenvalue weighted by atomic mass is 10.0. The topological polar surface area (TPSA) is 78.9 Å². The first-order valence-electron chi connectivity index (χ1n) is 24.2. The molecule has 0 aromatic rings. The lowest BCUT2D eigenvalue weighted by molar-refractivity contribution is -0.167. The molecule has 0 saturated heterocycles. The van der Waals surface area contributed by atoms with Gasteiger partial charge in [-0.15, -0.1) is 0 Å². The Hall–Kier alpha value is -1.59. The Bertz CT molecular complexity index is 839. The maximum absolute atomic E-state index is 12.7. The van der Waals surface area contributed by atoms with Crippen LogP contribution in [0.1, 0.15) is 266 Å². The Kier molecular flexibility index (Phi) is 40.8. The first kappa shape index (κ1) is 53.4. The maximum atomic E-state index is 12.7. The third-order valence-corrected chi connectivity index (χ3v) is 11.0. The van der Waals surface area contributed by atoms with Crippen molar-refractivity contribution in [2.24, 2.45) is 11.8 Å². The van der Waals surface area contributed by atoms with Crippen LogP contribution in [-0.2, 0) is 28.6 Å². The third-order valence-electron chi connectivity index (χ3n) is 11.0. The second-order valence-corrected chi connectivity index (χ2v) is 17.7. The smallest absolute Gasteiger partial charge is 0.306 e. The van der Waals surface area contributed by atoms with Crippen molar-refractivity contribution >= 4 is 17.9 Å². The fourth-order valence-electron chi connectivity index (χ4n) is 7.28. The fourth-order valence-corrected chi connectivity index (χ4v) is 7.28. The van der Waals surface area contributed by atoms with Gasteiger partial charge in [0, 0.05) is 19.3 Å². The molecular formula is C49H94O6. The lowest BCUT2D eigenvalue weighted by Crippen LogP contribution is -2.30. The Morgan fingerprint density at radius 2 is 0.600 bits per heavy atom. The van der Waals surface area contributed by atoms with E-state index in [9.17, 15) is 14.4 Å². The van der Waals surface area contributed by atoms with Gasteiger partial charge in [0.05, 0.1) is 0 Å². The minimum absolute atomic E-state index is 0.0647. The van der Waals surface area contributed by atoms with E-state index in [2.05, 4.69) is 34.6 Å². The highest BCUT2D eigenvalue weighted by molar-refractivity contribution is 5.71. The summed E-state index contributed by atoms with van der Waals surface area (Å²) in [5.41, 5.74) is 0. The van der Waals surface area contributed by atoms with Gasteiger partial charge in [-0.3, -0.25) is 14.4 Å². The van der Waals surface area contributed by atoms with E-state index in [-0.39, 0.29) is 31.1 Å². The quantitative estimate of drug-likeness (QED) is 0.0348. The summed E-state index contributed by atoms with van der Waals surface area (Å²) >= 11 is 0. The molecule has 0 unspecified atom stereocenters. The number of hydrogen-bond donors (Lipinski definition) is 0. The molecule has 0 amide bonds. The zero-order chi connectivity index (χ0) is 40.5. The molecule has 326 valence electrons. The van der Waals surface area contributed by atoms with Gasteiger partial charge in [-0.05, 0) is 31.1 Å². The number of unbranched alkanes of at least 4 members (excludes halogenated alkanes) is 28. The predicted octanol–water partition coefficient (Wildman–Crippen LogP) is 15.4. The number of hydrogen-bond acceptors (Lipinski definition) is 6. The summed E-state index contributed by atoms with van der Waals surface area (Å²) in [4.78, 5) is 37.8. The summed E-state index contributed by atoms with van der Waals surface area (Å²) < 4.78 is 16.7. The highest BCUT2D eigenvalue weighted by atomic mass is 16.6. The molecule has 0 fully saturated rings. The van der Waals surface area contributed by atoms with Crippen LogP contribution in [0.15, 0.2) is 0 Å². The molecule has 6 nitrogen and oxygen atoms in total. The van der Waals surface area contributed by atoms with Gasteiger partial charge in [0.1, 0.15) is 13.2 Å². The molecule has 0 spiro atoms. The zero-order valence-electron chi connectivity index (χ0n) is 37.6. The molecule has 0 aliphatic rings. The first-order valence-corrected chi connectivity index (χ1v) is 24.2. The largest absolute Gasteiger partial charge is 0.462 e. The van der Waals surface area contributed by atoms with E-state index in [0.717, 1.165) is 69.6 Å². The van der Waals surface area contributed by atoms with Crippen LogP contribution in [0, 0.1) is 11.8 Å². The monoisotopic (exact) mass is 779 g/mol. The summed E-state index contributed by atoms with van der Waals surface area (Å²) in [7, 11) is 0. The minimum atomic E-state index is -0.761. The highest BCUT2D eigenvalue weighted by Gasteiger charge is 2.19. The Morgan fingerprint density at radius 3 is 0.891 bits per heavy atom. The lowest BCUT2D eigenvalue weighted by Gasteiger charge is -2.18. The van der Waals surface area contributed by atoms with Gasteiger partial charge in [0.15, 0.2) is 6.10 Å². The van der Waals surface area contributed by atoms with Crippen molar-refractivity contribution in [2.75, 3.05) is 13.2 Å². The molecule has 0 aliphatic carbocycles. The van der Waals surface area contributed by atoms with Crippen molar-refractivity contribution in [1.29, 1.82) is 0 Å². The molecule has 1 atom stereocenters. The van der Waals surface area contributed by atoms with Gasteiger partial charge in [-0.1, -0.05) is 227 Å². The van der Waals surface area contributed by atoms with Crippen LogP contribution in [0.2, 0.25) is 0 Å². The van der Waals surface area contributed by atoms with E-state index in [1.807, 2.05) is 0 Å². The molecular weight excluding hydrogens is 685 g/mol. The first-order chi connectivity index (χ1) is 26.7. The van der Waals surface area contributed by atoms with E-state index in [4.69, 9.17) is 14.2 Å². The van der Waals surface area contributed by atoms with Crippen LogP contribution in [0.4, 0.5) is 0 Å². The number of carbonyl (C=O) groups excluding carboxylic acids is 3. The minimum Gasteiger partial charge on any atom is -0.462 e. The van der Waals surface area contributed by atoms with Crippen LogP contribution in [0.3, 0.4) is 0 Å². The molecule has 0 aliphatic heterocycles. The van der Waals surface area contributed by atoms with Gasteiger partial charge < -0.3 is 14.2 Å². The van der Waals surface area contributed by atoms with E-state index in [1.165, 1.54) is 154 Å². The molecule has 0 N–H and O–H groups in total. The Balaban J connectivity index is 4.32. The molecule has 0 bridgehead atoms. The van der Waals surface area contributed by atoms with Gasteiger partial charge in [0.25, 0.3) is 0 Å². The van der Waals surface area contributed by atoms with E-state index in [1.54, 1.807) is 0 Å². The fraction of sp³-hybridized carbons (Fsp3) is 0.939. The average Bonchev–Trinajstić information content (AvgIpc) is 3.15. The normalized spacial score (nSPS) is 12.1. The molecule has 0 heterocycles. The summed E-state index contributed by atoms with van der Waals surface area (Å²) in [6.07, 6.45) is 40.9. The van der Waals surface area contributed by atoms with E-state index >= 15 is 0 Å². The van der Waals surface area contributed by atoms with Crippen molar-refractivity contribution in [3.8, 4) is 0 Å². The predicted molar refractivity (Wildman–Crippen MR) is 233 cm³/mol. The third kappa shape index (κ3) is 43.4. The zero-order valence-corrected chi connectivity index (χ0v) is 37.6. The average molecular weight is 779 g/mol. The number of ether oxygens (including phenoxy) is 3. The van der Waals surface area contributed by atoms with Crippen molar-refractivity contribution in [3.05, 3.63) is 0 Å². The molecule has 0 aromatic heterocycles. The van der Waals surface area contributed by atoms with Gasteiger partial charge in [0.2, 0.25) is 0 Å². The SMILES string of the molecule is CCCCCCCCCCCCCCCC(=O)O[C@@H](COC(=O)CCCCCCCCCCCCCC(C)C)COC(=O)CCCCCCCCCC(C)C. The number of carbonyl (C=O) groups is 3. The van der Waals surface area contributed by atoms with Gasteiger partial charge in [-0.25, -0.2) is 0 Å². The number of rotatable bonds is 43. The van der Waals surface area contributed by atoms with Crippen molar-refractivity contribution in [1.82, 2.24) is 0 Å². The maximum Gasteiger partial charge on any atom is 0.306 e. The molecule has 0 rings (SSSR count). The van der Waals surface area contributed by atoms with Crippen LogP contribution >= 0.6 is 0 Å². The summed E-state index contributed by atoms with van der Waals surface area (Å²) in [6.45, 7) is 11.3. The standard InChI is InChI=1S/C49H94O6/c1-6-7-8-9-10-11-12-13-16-20-25-31-36-41-49(52)55-46(43-54-48(51)40-35-30-26-21-23-28-33-38-45(4)5)42-53-47(50)39-34-29-24-19-17-14-15-18-22-27-32-37-44(2)3/h44-46H,6-43H2,1-5H3/t46-/m0/s1. The van der Waals surface area contributed by atoms with Crippen LogP contribution in [0.5, 0.6) is 0 Å². The van der Waals surface area contributed by atoms with Crippen LogP contribution < -0.4 is 0 Å². The molecule has 55 heavy (non-hydrogen) atoms. The van der Waals surface area contributed by atoms with E-state index in [0.29, 0.717) is 19.3 Å². The van der Waals surface area contributed by atoms with Crippen molar-refractivity contribution in [2.45, 2.75) is 272 Å². The van der Waals surface area contributed by atoms with Crippen LogP contribution in [-0.4, -0.2) is 37.2 Å². The molecule has 0 aromatic carbocycles. The second-order valence-electron chi connectivity index (χ2n) is 17.7.